The molecule has 2 aromatic carbocycles. The summed E-state index contributed by atoms with van der Waals surface area (Å²) in [7, 11) is 1.63. The number of amides is 1. The molecule has 1 heterocycles. The number of halogens is 1. The van der Waals surface area contributed by atoms with E-state index in [0.29, 0.717) is 19.7 Å². The van der Waals surface area contributed by atoms with E-state index in [1.165, 1.54) is 6.08 Å². The smallest absolute Gasteiger partial charge is 0.244 e. The normalized spacial score (nSPS) is 10.8. The molecule has 1 aromatic heterocycles. The number of carbonyl (C=O) groups excluding carboxylic acids is 1. The van der Waals surface area contributed by atoms with Gasteiger partial charge in [0, 0.05) is 24.4 Å². The summed E-state index contributed by atoms with van der Waals surface area (Å²) in [5, 5.41) is 6.99. The van der Waals surface area contributed by atoms with Crippen molar-refractivity contribution in [1.29, 1.82) is 0 Å². The summed E-state index contributed by atoms with van der Waals surface area (Å²) in [6.07, 6.45) is 6.86. The van der Waals surface area contributed by atoms with Crippen molar-refractivity contribution >= 4 is 27.9 Å². The van der Waals surface area contributed by atoms with Crippen LogP contribution >= 0.6 is 15.9 Å². The molecule has 0 saturated heterocycles. The molecule has 1 amide bonds. The van der Waals surface area contributed by atoms with Gasteiger partial charge in [0.15, 0.2) is 0 Å². The number of rotatable bonds is 9. The van der Waals surface area contributed by atoms with Gasteiger partial charge in [-0.1, -0.05) is 24.3 Å². The Hall–Kier alpha value is -3.06. The van der Waals surface area contributed by atoms with E-state index in [1.807, 2.05) is 54.7 Å². The largest absolute Gasteiger partial charge is 0.496 e. The van der Waals surface area contributed by atoms with Crippen LogP contribution in [0.3, 0.4) is 0 Å². The fourth-order valence-electron chi connectivity index (χ4n) is 2.68. The summed E-state index contributed by atoms with van der Waals surface area (Å²) in [5.74, 6) is 1.38. The Balaban J connectivity index is 1.55. The summed E-state index contributed by atoms with van der Waals surface area (Å²) < 4.78 is 13.9. The van der Waals surface area contributed by atoms with Gasteiger partial charge in [-0.2, -0.15) is 5.10 Å². The Morgan fingerprint density at radius 3 is 2.79 bits per heavy atom. The topological polar surface area (TPSA) is 65.4 Å². The van der Waals surface area contributed by atoms with Gasteiger partial charge in [0.05, 0.1) is 24.3 Å². The van der Waals surface area contributed by atoms with Crippen molar-refractivity contribution in [3.05, 3.63) is 82.6 Å². The van der Waals surface area contributed by atoms with Gasteiger partial charge in [0.25, 0.3) is 0 Å². The summed E-state index contributed by atoms with van der Waals surface area (Å²) in [5.41, 5.74) is 1.80. The van der Waals surface area contributed by atoms with Gasteiger partial charge in [-0.3, -0.25) is 9.48 Å². The first-order valence-electron chi connectivity index (χ1n) is 9.12. The molecule has 0 aliphatic rings. The second-order valence-corrected chi connectivity index (χ2v) is 7.13. The summed E-state index contributed by atoms with van der Waals surface area (Å²) in [4.78, 5) is 12.0. The summed E-state index contributed by atoms with van der Waals surface area (Å²) in [6, 6.07) is 15.3. The molecule has 0 aliphatic carbocycles. The van der Waals surface area contributed by atoms with Crippen LogP contribution in [0.15, 0.2) is 71.5 Å². The van der Waals surface area contributed by atoms with Crippen LogP contribution in [0.1, 0.15) is 11.1 Å². The minimum Gasteiger partial charge on any atom is -0.496 e. The van der Waals surface area contributed by atoms with Crippen LogP contribution in [0.2, 0.25) is 0 Å². The quantitative estimate of drug-likeness (QED) is 0.494. The highest BCUT2D eigenvalue weighted by Crippen LogP contribution is 2.22. The molecule has 0 saturated carbocycles. The molecule has 0 fully saturated rings. The fourth-order valence-corrected chi connectivity index (χ4v) is 3.01. The highest BCUT2D eigenvalue weighted by molar-refractivity contribution is 9.10. The van der Waals surface area contributed by atoms with Crippen LogP contribution in [0.4, 0.5) is 0 Å². The van der Waals surface area contributed by atoms with Gasteiger partial charge in [-0.05, 0) is 51.8 Å². The lowest BCUT2D eigenvalue weighted by Crippen LogP contribution is -2.25. The Morgan fingerprint density at radius 1 is 1.24 bits per heavy atom. The number of hydrogen-bond donors (Lipinski definition) is 1. The van der Waals surface area contributed by atoms with E-state index in [1.54, 1.807) is 24.1 Å². The highest BCUT2D eigenvalue weighted by Gasteiger charge is 2.05. The first-order chi connectivity index (χ1) is 14.1. The fraction of sp³-hybridized carbons (Fsp3) is 0.182. The Morgan fingerprint density at radius 2 is 2.07 bits per heavy atom. The van der Waals surface area contributed by atoms with Gasteiger partial charge in [-0.25, -0.2) is 0 Å². The number of methoxy groups -OCH3 is 1. The molecular weight excluding hydrogens is 434 g/mol. The standard InChI is InChI=1S/C22H22BrN3O3/c1-28-21-9-7-17(13-18(21)16-29-20-5-3-2-4-6-20)8-10-22(27)24-11-12-26-15-19(23)14-25-26/h2-10,13-15H,11-12,16H2,1H3,(H,24,27)/b10-8+. The Bertz CT molecular complexity index is 970. The molecule has 0 unspecified atom stereocenters. The maximum Gasteiger partial charge on any atom is 0.244 e. The lowest BCUT2D eigenvalue weighted by Gasteiger charge is -2.11. The molecule has 7 heteroatoms. The van der Waals surface area contributed by atoms with E-state index in [4.69, 9.17) is 9.47 Å². The summed E-state index contributed by atoms with van der Waals surface area (Å²) >= 11 is 3.34. The molecular formula is C22H22BrN3O3. The van der Waals surface area contributed by atoms with Gasteiger partial charge < -0.3 is 14.8 Å². The highest BCUT2D eigenvalue weighted by atomic mass is 79.9. The summed E-state index contributed by atoms with van der Waals surface area (Å²) in [6.45, 7) is 1.48. The van der Waals surface area contributed by atoms with Crippen LogP contribution in [0, 0.1) is 0 Å². The maximum absolute atomic E-state index is 12.0. The number of carbonyl (C=O) groups is 1. The van der Waals surface area contributed by atoms with Gasteiger partial charge in [0.1, 0.15) is 18.1 Å². The monoisotopic (exact) mass is 455 g/mol. The van der Waals surface area contributed by atoms with E-state index >= 15 is 0 Å². The molecule has 150 valence electrons. The van der Waals surface area contributed by atoms with Crippen molar-refractivity contribution in [3.8, 4) is 11.5 Å². The second kappa shape index (κ2) is 10.5. The SMILES string of the molecule is COc1ccc(/C=C/C(=O)NCCn2cc(Br)cn2)cc1COc1ccccc1. The lowest BCUT2D eigenvalue weighted by atomic mass is 10.1. The zero-order valence-electron chi connectivity index (χ0n) is 16.0. The van der Waals surface area contributed by atoms with Crippen LogP contribution < -0.4 is 14.8 Å². The van der Waals surface area contributed by atoms with Gasteiger partial charge in [0.2, 0.25) is 5.91 Å². The van der Waals surface area contributed by atoms with Crippen molar-refractivity contribution in [2.75, 3.05) is 13.7 Å². The first kappa shape index (κ1) is 20.7. The van der Waals surface area contributed by atoms with Crippen LogP contribution in [-0.4, -0.2) is 29.3 Å². The van der Waals surface area contributed by atoms with E-state index in [0.717, 1.165) is 27.1 Å². The maximum atomic E-state index is 12.0. The van der Waals surface area contributed by atoms with E-state index in [9.17, 15) is 4.79 Å². The number of para-hydroxylation sites is 1. The average molecular weight is 456 g/mol. The number of nitrogens with one attached hydrogen (secondary N) is 1. The average Bonchev–Trinajstić information content (AvgIpc) is 3.16. The molecule has 1 N–H and O–H groups in total. The molecule has 0 aliphatic heterocycles. The number of hydrogen-bond acceptors (Lipinski definition) is 4. The van der Waals surface area contributed by atoms with Crippen LogP contribution in [-0.2, 0) is 17.9 Å². The van der Waals surface area contributed by atoms with Gasteiger partial charge >= 0.3 is 0 Å². The first-order valence-corrected chi connectivity index (χ1v) is 9.92. The predicted molar refractivity (Wildman–Crippen MR) is 116 cm³/mol. The third kappa shape index (κ3) is 6.50. The van der Waals surface area contributed by atoms with Crippen molar-refractivity contribution in [2.45, 2.75) is 13.2 Å². The molecule has 6 nitrogen and oxygen atoms in total. The van der Waals surface area contributed by atoms with Crippen molar-refractivity contribution in [2.24, 2.45) is 0 Å². The zero-order chi connectivity index (χ0) is 20.5. The molecule has 3 rings (SSSR count). The van der Waals surface area contributed by atoms with Crippen LogP contribution in [0.25, 0.3) is 6.08 Å². The molecule has 3 aromatic rings. The zero-order valence-corrected chi connectivity index (χ0v) is 17.6. The predicted octanol–water partition coefficient (Wildman–Crippen LogP) is 4.06. The van der Waals surface area contributed by atoms with E-state index in [-0.39, 0.29) is 5.91 Å². The molecule has 0 bridgehead atoms. The van der Waals surface area contributed by atoms with Crippen molar-refractivity contribution < 1.29 is 14.3 Å². The Kier molecular flexibility index (Phi) is 7.47. The van der Waals surface area contributed by atoms with Crippen molar-refractivity contribution in [1.82, 2.24) is 15.1 Å². The molecule has 0 spiro atoms. The third-order valence-corrected chi connectivity index (χ3v) is 4.52. The lowest BCUT2D eigenvalue weighted by molar-refractivity contribution is -0.116. The number of aromatic nitrogens is 2. The van der Waals surface area contributed by atoms with E-state index < -0.39 is 0 Å². The van der Waals surface area contributed by atoms with E-state index in [2.05, 4.69) is 26.3 Å². The number of nitrogens with zero attached hydrogens (tertiary/aromatic N) is 2. The molecule has 0 atom stereocenters. The van der Waals surface area contributed by atoms with Crippen molar-refractivity contribution in [3.63, 3.8) is 0 Å². The Labute approximate surface area is 178 Å². The van der Waals surface area contributed by atoms with Crippen LogP contribution in [0.5, 0.6) is 11.5 Å². The minimum absolute atomic E-state index is 0.158. The third-order valence-electron chi connectivity index (χ3n) is 4.11. The minimum atomic E-state index is -0.158. The van der Waals surface area contributed by atoms with Gasteiger partial charge in [-0.15, -0.1) is 0 Å². The second-order valence-electron chi connectivity index (χ2n) is 6.22. The number of benzene rings is 2. The number of ether oxygens (including phenoxy) is 2. The molecule has 29 heavy (non-hydrogen) atoms. The molecule has 0 radical (unpaired) electrons.